The molecule has 0 heterocycles. The zero-order valence-corrected chi connectivity index (χ0v) is 13.9. The minimum atomic E-state index is -0.568. The van der Waals surface area contributed by atoms with Gasteiger partial charge in [0.2, 0.25) is 0 Å². The van der Waals surface area contributed by atoms with Crippen molar-refractivity contribution in [3.05, 3.63) is 12.7 Å². The Labute approximate surface area is 108 Å². The molecule has 0 aromatic heterocycles. The number of hydrogen-bond donors (Lipinski definition) is 0. The summed E-state index contributed by atoms with van der Waals surface area (Å²) in [5.74, 6) is -0.340. The molecule has 0 unspecified atom stereocenters. The highest BCUT2D eigenvalue weighted by Gasteiger charge is 1.94. The highest BCUT2D eigenvalue weighted by molar-refractivity contribution is 6.26. The van der Waals surface area contributed by atoms with Crippen LogP contribution in [0.3, 0.4) is 0 Å². The van der Waals surface area contributed by atoms with Crippen molar-refractivity contribution in [1.82, 2.24) is 0 Å². The lowest BCUT2D eigenvalue weighted by atomic mass is 10.5. The zero-order chi connectivity index (χ0) is 13.4. The van der Waals surface area contributed by atoms with Gasteiger partial charge in [-0.2, -0.15) is 0 Å². The van der Waals surface area contributed by atoms with E-state index in [1.54, 1.807) is 14.2 Å². The largest absolute Gasteiger partial charge is 0.463 e. The molecule has 0 saturated carbocycles. The summed E-state index contributed by atoms with van der Waals surface area (Å²) in [4.78, 5) is 10.5. The van der Waals surface area contributed by atoms with Gasteiger partial charge in [-0.25, -0.2) is 4.79 Å². The smallest absolute Gasteiger partial charge is 0.330 e. The standard InChI is InChI=1S/C8H16O3Si.C2H8O2Si/c1-3-8(9)10-6-5-7-12-11-4-2;1-3-5-4-2/h3H,1,4-7,12H2,2H3;5H2,1-2H3. The van der Waals surface area contributed by atoms with Crippen molar-refractivity contribution in [2.75, 3.05) is 27.4 Å². The number of ether oxygens (including phenoxy) is 1. The molecule has 5 nitrogen and oxygen atoms in total. The summed E-state index contributed by atoms with van der Waals surface area (Å²) >= 11 is 0. The molecule has 0 fully saturated rings. The Morgan fingerprint density at radius 1 is 1.35 bits per heavy atom. The van der Waals surface area contributed by atoms with Gasteiger partial charge in [0.25, 0.3) is 0 Å². The van der Waals surface area contributed by atoms with E-state index < -0.39 is 10.0 Å². The second-order valence-electron chi connectivity index (χ2n) is 2.97. The zero-order valence-electron chi connectivity index (χ0n) is 11.1. The number of carbonyl (C=O) groups excluding carboxylic acids is 1. The molecule has 102 valence electrons. The average Bonchev–Trinajstić information content (AvgIpc) is 2.35. The Kier molecular flexibility index (Phi) is 19.9. The van der Waals surface area contributed by atoms with Crippen LogP contribution in [0.4, 0.5) is 0 Å². The fourth-order valence-electron chi connectivity index (χ4n) is 0.800. The van der Waals surface area contributed by atoms with Gasteiger partial charge in [0.05, 0.1) is 6.61 Å². The van der Waals surface area contributed by atoms with Crippen LogP contribution in [0, 0.1) is 0 Å². The van der Waals surface area contributed by atoms with E-state index in [0.717, 1.165) is 19.1 Å². The molecule has 0 aliphatic rings. The highest BCUT2D eigenvalue weighted by atomic mass is 28.3. The van der Waals surface area contributed by atoms with Gasteiger partial charge in [0.15, 0.2) is 9.76 Å². The van der Waals surface area contributed by atoms with Crippen LogP contribution in [0.2, 0.25) is 6.04 Å². The van der Waals surface area contributed by atoms with Crippen molar-refractivity contribution in [2.45, 2.75) is 19.4 Å². The Balaban J connectivity index is 0. The van der Waals surface area contributed by atoms with Crippen molar-refractivity contribution in [3.8, 4) is 0 Å². The summed E-state index contributed by atoms with van der Waals surface area (Å²) in [7, 11) is 2.37. The lowest BCUT2D eigenvalue weighted by molar-refractivity contribution is -0.137. The molecule has 0 aromatic carbocycles. The van der Waals surface area contributed by atoms with Crippen molar-refractivity contribution < 1.29 is 22.8 Å². The van der Waals surface area contributed by atoms with Crippen molar-refractivity contribution in [3.63, 3.8) is 0 Å². The molecule has 0 aliphatic carbocycles. The van der Waals surface area contributed by atoms with E-state index in [-0.39, 0.29) is 15.7 Å². The van der Waals surface area contributed by atoms with E-state index in [9.17, 15) is 4.79 Å². The summed E-state index contributed by atoms with van der Waals surface area (Å²) in [6.45, 7) is 6.58. The molecular weight excluding hydrogens is 256 g/mol. The molecule has 0 N–H and O–H groups in total. The lowest BCUT2D eigenvalue weighted by Gasteiger charge is -2.01. The van der Waals surface area contributed by atoms with Crippen LogP contribution in [-0.4, -0.2) is 53.2 Å². The number of carbonyl (C=O) groups is 1. The monoisotopic (exact) mass is 280 g/mol. The van der Waals surface area contributed by atoms with Gasteiger partial charge in [-0.05, 0) is 19.4 Å². The summed E-state index contributed by atoms with van der Waals surface area (Å²) in [5, 5.41) is 0. The summed E-state index contributed by atoms with van der Waals surface area (Å²) in [5.41, 5.74) is 0. The minimum Gasteiger partial charge on any atom is -0.463 e. The first kappa shape index (κ1) is 18.9. The normalized spacial score (nSPS) is 9.82. The van der Waals surface area contributed by atoms with E-state index in [1.165, 1.54) is 6.08 Å². The molecule has 0 bridgehead atoms. The van der Waals surface area contributed by atoms with Gasteiger partial charge in [0, 0.05) is 26.9 Å². The predicted molar refractivity (Wildman–Crippen MR) is 73.3 cm³/mol. The molecule has 0 spiro atoms. The quantitative estimate of drug-likeness (QED) is 0.256. The maximum absolute atomic E-state index is 10.5. The highest BCUT2D eigenvalue weighted by Crippen LogP contribution is 1.91. The van der Waals surface area contributed by atoms with E-state index in [0.29, 0.717) is 6.61 Å². The third-order valence-electron chi connectivity index (χ3n) is 1.53. The van der Waals surface area contributed by atoms with Crippen molar-refractivity contribution in [1.29, 1.82) is 0 Å². The number of esters is 1. The Hall–Kier alpha value is -0.476. The van der Waals surface area contributed by atoms with Crippen LogP contribution in [-0.2, 0) is 22.8 Å². The minimum absolute atomic E-state index is 0.340. The fourth-order valence-corrected chi connectivity index (χ4v) is 1.94. The Morgan fingerprint density at radius 2 is 2.00 bits per heavy atom. The third kappa shape index (κ3) is 21.4. The Morgan fingerprint density at radius 3 is 2.41 bits per heavy atom. The second kappa shape index (κ2) is 17.9. The Bertz CT molecular complexity index is 176. The number of rotatable bonds is 9. The molecule has 0 aliphatic heterocycles. The summed E-state index contributed by atoms with van der Waals surface area (Å²) in [6, 6.07) is 1.07. The van der Waals surface area contributed by atoms with Crippen LogP contribution >= 0.6 is 0 Å². The average molecular weight is 280 g/mol. The van der Waals surface area contributed by atoms with Crippen molar-refractivity contribution >= 4 is 25.7 Å². The van der Waals surface area contributed by atoms with Crippen LogP contribution in [0.25, 0.3) is 0 Å². The van der Waals surface area contributed by atoms with Crippen LogP contribution in [0.1, 0.15) is 13.3 Å². The van der Waals surface area contributed by atoms with Gasteiger partial charge >= 0.3 is 16.0 Å². The summed E-state index contributed by atoms with van der Waals surface area (Å²) < 4.78 is 19.2. The lowest BCUT2D eigenvalue weighted by Crippen LogP contribution is -2.04. The molecule has 7 heteroatoms. The maximum Gasteiger partial charge on any atom is 0.330 e. The maximum atomic E-state index is 10.5. The first-order valence-corrected chi connectivity index (χ1v) is 8.30. The number of hydrogen-bond acceptors (Lipinski definition) is 5. The molecule has 0 saturated heterocycles. The first-order valence-electron chi connectivity index (χ1n) is 5.57. The summed E-state index contributed by atoms with van der Waals surface area (Å²) in [6.07, 6.45) is 2.09. The molecule has 0 atom stereocenters. The molecule has 0 aromatic rings. The molecule has 0 radical (unpaired) electrons. The van der Waals surface area contributed by atoms with Gasteiger partial charge < -0.3 is 18.0 Å². The fraction of sp³-hybridized carbons (Fsp3) is 0.700. The topological polar surface area (TPSA) is 54.0 Å². The van der Waals surface area contributed by atoms with Gasteiger partial charge in [-0.15, -0.1) is 0 Å². The predicted octanol–water partition coefficient (Wildman–Crippen LogP) is -0.0777. The molecule has 0 amide bonds. The van der Waals surface area contributed by atoms with Gasteiger partial charge in [0.1, 0.15) is 0 Å². The van der Waals surface area contributed by atoms with Crippen LogP contribution in [0.15, 0.2) is 12.7 Å². The molecular formula is C10H24O5Si2. The van der Waals surface area contributed by atoms with E-state index >= 15 is 0 Å². The van der Waals surface area contributed by atoms with E-state index in [1.807, 2.05) is 6.92 Å². The first-order chi connectivity index (χ1) is 8.22. The van der Waals surface area contributed by atoms with Crippen molar-refractivity contribution in [2.24, 2.45) is 0 Å². The molecule has 0 rings (SSSR count). The van der Waals surface area contributed by atoms with Gasteiger partial charge in [-0.1, -0.05) is 6.58 Å². The molecule has 17 heavy (non-hydrogen) atoms. The third-order valence-corrected chi connectivity index (χ3v) is 3.49. The van der Waals surface area contributed by atoms with E-state index in [2.05, 4.69) is 15.4 Å². The van der Waals surface area contributed by atoms with Gasteiger partial charge in [-0.3, -0.25) is 0 Å². The SMILES string of the molecule is C=CC(=O)OCCC[SiH2]OCC.CO[SiH2]OC. The van der Waals surface area contributed by atoms with Crippen LogP contribution < -0.4 is 0 Å². The van der Waals surface area contributed by atoms with E-state index in [4.69, 9.17) is 9.16 Å². The second-order valence-corrected chi connectivity index (χ2v) is 5.88. The van der Waals surface area contributed by atoms with Crippen LogP contribution in [0.5, 0.6) is 0 Å².